The fourth-order valence-electron chi connectivity index (χ4n) is 2.99. The Morgan fingerprint density at radius 2 is 1.78 bits per heavy atom. The van der Waals surface area contributed by atoms with Crippen LogP contribution < -0.4 is 10.2 Å². The van der Waals surface area contributed by atoms with Crippen LogP contribution in [-0.2, 0) is 6.18 Å². The number of halogens is 3. The van der Waals surface area contributed by atoms with Crippen molar-refractivity contribution in [2.24, 2.45) is 0 Å². The summed E-state index contributed by atoms with van der Waals surface area (Å²) in [5.41, 5.74) is -0.418. The number of amides is 1. The maximum absolute atomic E-state index is 12.6. The van der Waals surface area contributed by atoms with Crippen molar-refractivity contribution in [2.75, 3.05) is 23.3 Å². The Kier molecular flexibility index (Phi) is 4.81. The van der Waals surface area contributed by atoms with Gasteiger partial charge in [-0.25, -0.2) is 4.98 Å². The van der Waals surface area contributed by atoms with Crippen LogP contribution in [0.15, 0.2) is 30.3 Å². The average Bonchev–Trinajstić information content (AvgIpc) is 3.21. The Balaban J connectivity index is 1.47. The minimum absolute atomic E-state index is 0.326. The highest BCUT2D eigenvalue weighted by molar-refractivity contribution is 7.29. The van der Waals surface area contributed by atoms with E-state index in [1.807, 2.05) is 0 Å². The fourth-order valence-corrected chi connectivity index (χ4v) is 5.15. The molecule has 1 aliphatic rings. The van der Waals surface area contributed by atoms with Crippen molar-refractivity contribution < 1.29 is 18.0 Å². The van der Waals surface area contributed by atoms with E-state index in [2.05, 4.69) is 15.2 Å². The minimum Gasteiger partial charge on any atom is -0.348 e. The summed E-state index contributed by atoms with van der Waals surface area (Å²) in [5, 5.41) is 3.63. The van der Waals surface area contributed by atoms with Gasteiger partial charge in [-0.15, -0.1) is 11.3 Å². The van der Waals surface area contributed by atoms with Crippen LogP contribution in [0.2, 0.25) is 0 Å². The molecule has 3 heterocycles. The molecule has 0 atom stereocenters. The fraction of sp³-hybridized carbons (Fsp3) is 0.333. The van der Waals surface area contributed by atoms with Gasteiger partial charge in [0.25, 0.3) is 5.91 Å². The molecule has 1 fully saturated rings. The van der Waals surface area contributed by atoms with Crippen molar-refractivity contribution >= 4 is 48.9 Å². The molecule has 4 rings (SSSR count). The zero-order valence-corrected chi connectivity index (χ0v) is 15.8. The predicted octanol–water partition coefficient (Wildman–Crippen LogP) is 5.62. The highest BCUT2D eigenvalue weighted by Crippen LogP contribution is 2.36. The van der Waals surface area contributed by atoms with Gasteiger partial charge in [0.2, 0.25) is 0 Å². The lowest BCUT2D eigenvalue weighted by atomic mass is 10.1. The second-order valence-corrected chi connectivity index (χ2v) is 8.39. The molecule has 4 nitrogen and oxygen atoms in total. The molecular formula is C18H16F3N3OS2. The lowest BCUT2D eigenvalue weighted by molar-refractivity contribution is -0.137. The number of piperidine rings is 1. The van der Waals surface area contributed by atoms with Crippen LogP contribution in [0.3, 0.4) is 0 Å². The van der Waals surface area contributed by atoms with Gasteiger partial charge in [0.15, 0.2) is 5.13 Å². The number of anilines is 2. The zero-order valence-electron chi connectivity index (χ0n) is 14.2. The summed E-state index contributed by atoms with van der Waals surface area (Å²) >= 11 is 2.87. The summed E-state index contributed by atoms with van der Waals surface area (Å²) < 4.78 is 38.8. The summed E-state index contributed by atoms with van der Waals surface area (Å²) in [6.45, 7) is 2.03. The molecule has 0 spiro atoms. The van der Waals surface area contributed by atoms with Crippen molar-refractivity contribution in [1.29, 1.82) is 0 Å². The number of thiophene rings is 1. The minimum atomic E-state index is -4.39. The molecule has 0 radical (unpaired) electrons. The van der Waals surface area contributed by atoms with Crippen molar-refractivity contribution in [3.05, 3.63) is 40.8 Å². The van der Waals surface area contributed by atoms with E-state index in [-0.39, 0.29) is 5.91 Å². The number of thiazole rings is 1. The molecule has 1 aliphatic heterocycles. The van der Waals surface area contributed by atoms with Crippen LogP contribution in [0.4, 0.5) is 24.0 Å². The number of hydrogen-bond acceptors (Lipinski definition) is 5. The first-order chi connectivity index (χ1) is 12.9. The Morgan fingerprint density at radius 3 is 2.41 bits per heavy atom. The van der Waals surface area contributed by atoms with E-state index in [0.29, 0.717) is 10.6 Å². The Labute approximate surface area is 161 Å². The lowest BCUT2D eigenvalue weighted by Gasteiger charge is -2.25. The quantitative estimate of drug-likeness (QED) is 0.608. The molecule has 0 unspecified atom stereocenters. The van der Waals surface area contributed by atoms with Gasteiger partial charge in [-0.2, -0.15) is 13.2 Å². The van der Waals surface area contributed by atoms with Gasteiger partial charge in [0.1, 0.15) is 4.83 Å². The topological polar surface area (TPSA) is 45.2 Å². The monoisotopic (exact) mass is 411 g/mol. The highest BCUT2D eigenvalue weighted by atomic mass is 32.1. The Bertz CT molecular complexity index is 925. The SMILES string of the molecule is O=C(Nc1ccc(C(F)(F)F)cc1)c1cc2sc(N3CCCCC3)nc2s1. The van der Waals surface area contributed by atoms with Gasteiger partial charge in [-0.3, -0.25) is 4.79 Å². The third-order valence-electron chi connectivity index (χ3n) is 4.40. The molecule has 0 bridgehead atoms. The number of aromatic nitrogens is 1. The zero-order chi connectivity index (χ0) is 19.0. The standard InChI is InChI=1S/C18H16F3N3OS2/c19-18(20,21)11-4-6-12(7-5-11)22-15(25)13-10-14-16(26-13)23-17(27-14)24-8-2-1-3-9-24/h4-7,10H,1-3,8-9H2,(H,22,25). The summed E-state index contributed by atoms with van der Waals surface area (Å²) in [6, 6.07) is 6.21. The molecule has 1 N–H and O–H groups in total. The van der Waals surface area contributed by atoms with Crippen molar-refractivity contribution in [1.82, 2.24) is 4.98 Å². The third kappa shape index (κ3) is 3.93. The molecule has 1 amide bonds. The highest BCUT2D eigenvalue weighted by Gasteiger charge is 2.30. The molecular weight excluding hydrogens is 395 g/mol. The van der Waals surface area contributed by atoms with E-state index in [1.165, 1.54) is 42.7 Å². The predicted molar refractivity (Wildman–Crippen MR) is 103 cm³/mol. The number of carbonyl (C=O) groups is 1. The van der Waals surface area contributed by atoms with Crippen LogP contribution in [0, 0.1) is 0 Å². The average molecular weight is 411 g/mol. The summed E-state index contributed by atoms with van der Waals surface area (Å²) in [4.78, 5) is 20.6. The molecule has 142 valence electrons. The Hall–Kier alpha value is -2.13. The first-order valence-corrected chi connectivity index (χ1v) is 10.2. The number of benzene rings is 1. The van der Waals surface area contributed by atoms with E-state index < -0.39 is 11.7 Å². The summed E-state index contributed by atoms with van der Waals surface area (Å²) in [5.74, 6) is -0.343. The van der Waals surface area contributed by atoms with Crippen LogP contribution in [0.5, 0.6) is 0 Å². The first kappa shape index (κ1) is 18.2. The van der Waals surface area contributed by atoms with Gasteiger partial charge in [-0.1, -0.05) is 11.3 Å². The van der Waals surface area contributed by atoms with Crippen LogP contribution >= 0.6 is 22.7 Å². The van der Waals surface area contributed by atoms with Gasteiger partial charge >= 0.3 is 6.18 Å². The van der Waals surface area contributed by atoms with E-state index >= 15 is 0 Å². The number of alkyl halides is 3. The molecule has 2 aromatic heterocycles. The maximum Gasteiger partial charge on any atom is 0.416 e. The summed E-state index contributed by atoms with van der Waals surface area (Å²) in [6.07, 6.45) is -0.787. The number of nitrogens with zero attached hydrogens (tertiary/aromatic N) is 2. The molecule has 1 saturated heterocycles. The third-order valence-corrected chi connectivity index (χ3v) is 6.62. The van der Waals surface area contributed by atoms with Gasteiger partial charge in [0, 0.05) is 18.8 Å². The van der Waals surface area contributed by atoms with Crippen LogP contribution in [0.1, 0.15) is 34.5 Å². The number of nitrogens with one attached hydrogen (secondary N) is 1. The van der Waals surface area contributed by atoms with Gasteiger partial charge in [0.05, 0.1) is 15.1 Å². The number of carbonyl (C=O) groups excluding carboxylic acids is 1. The molecule has 1 aromatic carbocycles. The van der Waals surface area contributed by atoms with Crippen LogP contribution in [-0.4, -0.2) is 24.0 Å². The van der Waals surface area contributed by atoms with E-state index in [1.54, 1.807) is 17.4 Å². The van der Waals surface area contributed by atoms with Crippen LogP contribution in [0.25, 0.3) is 9.53 Å². The normalized spacial score (nSPS) is 15.3. The maximum atomic E-state index is 12.6. The van der Waals surface area contributed by atoms with Crippen molar-refractivity contribution in [3.63, 3.8) is 0 Å². The Morgan fingerprint density at radius 1 is 1.07 bits per heavy atom. The molecule has 3 aromatic rings. The van der Waals surface area contributed by atoms with E-state index in [0.717, 1.165) is 39.9 Å². The lowest BCUT2D eigenvalue weighted by Crippen LogP contribution is -2.29. The largest absolute Gasteiger partial charge is 0.416 e. The molecule has 0 aliphatic carbocycles. The second-order valence-electron chi connectivity index (χ2n) is 6.35. The molecule has 0 saturated carbocycles. The summed E-state index contributed by atoms with van der Waals surface area (Å²) in [7, 11) is 0. The van der Waals surface area contributed by atoms with Gasteiger partial charge in [-0.05, 0) is 49.6 Å². The van der Waals surface area contributed by atoms with E-state index in [9.17, 15) is 18.0 Å². The number of rotatable bonds is 3. The number of hydrogen-bond donors (Lipinski definition) is 1. The molecule has 9 heteroatoms. The number of fused-ring (bicyclic) bond motifs is 1. The second kappa shape index (κ2) is 7.12. The first-order valence-electron chi connectivity index (χ1n) is 8.54. The van der Waals surface area contributed by atoms with Crippen molar-refractivity contribution in [2.45, 2.75) is 25.4 Å². The van der Waals surface area contributed by atoms with E-state index in [4.69, 9.17) is 0 Å². The molecule has 27 heavy (non-hydrogen) atoms. The van der Waals surface area contributed by atoms with Gasteiger partial charge < -0.3 is 10.2 Å². The smallest absolute Gasteiger partial charge is 0.348 e. The van der Waals surface area contributed by atoms with Crippen molar-refractivity contribution in [3.8, 4) is 0 Å².